The van der Waals surface area contributed by atoms with Crippen LogP contribution in [0.3, 0.4) is 0 Å². The van der Waals surface area contributed by atoms with Crippen LogP contribution in [0.15, 0.2) is 23.9 Å². The summed E-state index contributed by atoms with van der Waals surface area (Å²) in [5.41, 5.74) is 3.12. The minimum absolute atomic E-state index is 0.369. The van der Waals surface area contributed by atoms with Crippen molar-refractivity contribution in [1.29, 1.82) is 0 Å². The van der Waals surface area contributed by atoms with Crippen LogP contribution in [0.1, 0.15) is 81.1 Å². The van der Waals surface area contributed by atoms with Gasteiger partial charge in [0.05, 0.1) is 0 Å². The Kier molecular flexibility index (Phi) is 9.80. The first-order valence-corrected chi connectivity index (χ1v) is 9.16. The van der Waals surface area contributed by atoms with Crippen LogP contribution in [0.25, 0.3) is 0 Å². The number of allylic oxidation sites excluding steroid dienone is 3. The van der Waals surface area contributed by atoms with Crippen molar-refractivity contribution in [3.63, 3.8) is 0 Å². The van der Waals surface area contributed by atoms with Gasteiger partial charge in [-0.2, -0.15) is 0 Å². The zero-order chi connectivity index (χ0) is 17.3. The third kappa shape index (κ3) is 8.66. The second-order valence-electron chi connectivity index (χ2n) is 8.32. The molecule has 0 amide bonds. The molecule has 0 rings (SSSR count). The Labute approximate surface area is 140 Å². The highest BCUT2D eigenvalue weighted by Gasteiger charge is 2.27. The molecule has 0 aromatic carbocycles. The lowest BCUT2D eigenvalue weighted by molar-refractivity contribution is 0.150. The Morgan fingerprint density at radius 3 is 2.18 bits per heavy atom. The molecule has 0 N–H and O–H groups in total. The first-order chi connectivity index (χ1) is 10.1. The Balaban J connectivity index is 4.73. The minimum atomic E-state index is 0.369. The Morgan fingerprint density at radius 1 is 1.14 bits per heavy atom. The molecule has 1 unspecified atom stereocenters. The van der Waals surface area contributed by atoms with Gasteiger partial charge in [0.2, 0.25) is 0 Å². The van der Waals surface area contributed by atoms with E-state index >= 15 is 0 Å². The predicted molar refractivity (Wildman–Crippen MR) is 102 cm³/mol. The van der Waals surface area contributed by atoms with Crippen LogP contribution in [0.2, 0.25) is 0 Å². The number of hydrogen-bond donors (Lipinski definition) is 0. The fourth-order valence-corrected chi connectivity index (χ4v) is 2.78. The maximum Gasteiger partial charge on any atom is 0.0205 e. The normalized spacial score (nSPS) is 13.1. The lowest BCUT2D eigenvalue weighted by atomic mass is 9.76. The van der Waals surface area contributed by atoms with Crippen molar-refractivity contribution in [2.75, 3.05) is 13.1 Å². The molecule has 0 heterocycles. The molecule has 0 saturated heterocycles. The highest BCUT2D eigenvalue weighted by molar-refractivity contribution is 4.97. The monoisotopic (exact) mass is 307 g/mol. The van der Waals surface area contributed by atoms with Gasteiger partial charge >= 0.3 is 0 Å². The van der Waals surface area contributed by atoms with E-state index in [-0.39, 0.29) is 0 Å². The molecule has 0 saturated carbocycles. The van der Waals surface area contributed by atoms with Gasteiger partial charge in [-0.25, -0.2) is 0 Å². The summed E-state index contributed by atoms with van der Waals surface area (Å²) in [7, 11) is 0. The molecule has 0 aromatic rings. The molecule has 130 valence electrons. The summed E-state index contributed by atoms with van der Waals surface area (Å²) in [4.78, 5) is 2.54. The van der Waals surface area contributed by atoms with Gasteiger partial charge in [0.25, 0.3) is 0 Å². The molecule has 0 aliphatic carbocycles. The highest BCUT2D eigenvalue weighted by Crippen LogP contribution is 2.33. The second-order valence-corrected chi connectivity index (χ2v) is 8.32. The van der Waals surface area contributed by atoms with Crippen molar-refractivity contribution in [1.82, 2.24) is 4.90 Å². The van der Waals surface area contributed by atoms with Gasteiger partial charge in [0.15, 0.2) is 0 Å². The molecule has 22 heavy (non-hydrogen) atoms. The van der Waals surface area contributed by atoms with Crippen LogP contribution >= 0.6 is 0 Å². The van der Waals surface area contributed by atoms with Crippen LogP contribution in [-0.2, 0) is 0 Å². The Bertz CT molecular complexity index is 345. The third-order valence-electron chi connectivity index (χ3n) is 4.74. The fraction of sp³-hybridized carbons (Fsp3) is 0.810. The number of hydrogen-bond acceptors (Lipinski definition) is 1. The Morgan fingerprint density at radius 2 is 1.73 bits per heavy atom. The van der Waals surface area contributed by atoms with Gasteiger partial charge in [-0.15, -0.1) is 0 Å². The molecule has 0 radical (unpaired) electrons. The quantitative estimate of drug-likeness (QED) is 0.385. The van der Waals surface area contributed by atoms with Gasteiger partial charge in [-0.05, 0) is 50.4 Å². The van der Waals surface area contributed by atoms with E-state index in [1.165, 1.54) is 30.5 Å². The fourth-order valence-electron chi connectivity index (χ4n) is 2.78. The summed E-state index contributed by atoms with van der Waals surface area (Å²) in [5.74, 6) is 1.36. The summed E-state index contributed by atoms with van der Waals surface area (Å²) in [5, 5.41) is 0. The maximum absolute atomic E-state index is 4.33. The molecule has 0 fully saturated rings. The zero-order valence-corrected chi connectivity index (χ0v) is 16.6. The zero-order valence-electron chi connectivity index (χ0n) is 16.6. The number of nitrogens with zero attached hydrogens (tertiary/aromatic N) is 1. The molecule has 1 atom stereocenters. The van der Waals surface area contributed by atoms with Crippen LogP contribution in [0, 0.1) is 17.3 Å². The summed E-state index contributed by atoms with van der Waals surface area (Å²) in [6, 6.07) is 0. The van der Waals surface area contributed by atoms with Crippen LogP contribution in [0.4, 0.5) is 0 Å². The Hall–Kier alpha value is -0.720. The third-order valence-corrected chi connectivity index (χ3v) is 4.74. The van der Waals surface area contributed by atoms with E-state index in [0.717, 1.165) is 19.5 Å². The second kappa shape index (κ2) is 10.1. The van der Waals surface area contributed by atoms with E-state index in [1.807, 2.05) is 0 Å². The summed E-state index contributed by atoms with van der Waals surface area (Å²) < 4.78 is 0. The molecule has 1 heteroatoms. The molecule has 0 aliphatic rings. The SMILES string of the molecule is C=C(CCC)N(CC(C)C)CC(C)C(C)(C)CCC=C(C)C. The topological polar surface area (TPSA) is 3.24 Å². The highest BCUT2D eigenvalue weighted by atomic mass is 15.1. The molecule has 0 aromatic heterocycles. The van der Waals surface area contributed by atoms with Crippen LogP contribution in [-0.4, -0.2) is 18.0 Å². The molecule has 1 nitrogen and oxygen atoms in total. The van der Waals surface area contributed by atoms with Gasteiger partial charge in [-0.3, -0.25) is 0 Å². The molecule has 0 bridgehead atoms. The average molecular weight is 308 g/mol. The van der Waals surface area contributed by atoms with Gasteiger partial charge in [-0.1, -0.05) is 66.2 Å². The first kappa shape index (κ1) is 21.3. The summed E-state index contributed by atoms with van der Waals surface area (Å²) >= 11 is 0. The van der Waals surface area contributed by atoms with Crippen molar-refractivity contribution in [3.05, 3.63) is 23.9 Å². The van der Waals surface area contributed by atoms with E-state index in [4.69, 9.17) is 0 Å². The van der Waals surface area contributed by atoms with Crippen molar-refractivity contribution >= 4 is 0 Å². The summed E-state index contributed by atoms with van der Waals surface area (Å²) in [6.45, 7) is 25.1. The lowest BCUT2D eigenvalue weighted by Gasteiger charge is -2.38. The van der Waals surface area contributed by atoms with Crippen molar-refractivity contribution in [2.24, 2.45) is 17.3 Å². The van der Waals surface area contributed by atoms with Crippen LogP contribution in [0.5, 0.6) is 0 Å². The number of rotatable bonds is 11. The van der Waals surface area contributed by atoms with Crippen LogP contribution < -0.4 is 0 Å². The molecular weight excluding hydrogens is 266 g/mol. The smallest absolute Gasteiger partial charge is 0.0205 e. The maximum atomic E-state index is 4.33. The van der Waals surface area contributed by atoms with Crippen molar-refractivity contribution in [2.45, 2.75) is 81.1 Å². The predicted octanol–water partition coefficient (Wildman–Crippen LogP) is 6.67. The van der Waals surface area contributed by atoms with E-state index in [2.05, 4.69) is 72.9 Å². The molecule has 0 spiro atoms. The minimum Gasteiger partial charge on any atom is -0.375 e. The van der Waals surface area contributed by atoms with E-state index in [9.17, 15) is 0 Å². The largest absolute Gasteiger partial charge is 0.375 e. The van der Waals surface area contributed by atoms with Crippen molar-refractivity contribution < 1.29 is 0 Å². The van der Waals surface area contributed by atoms with Crippen molar-refractivity contribution in [3.8, 4) is 0 Å². The van der Waals surface area contributed by atoms with E-state index in [0.29, 0.717) is 17.3 Å². The van der Waals surface area contributed by atoms with Gasteiger partial charge < -0.3 is 4.90 Å². The van der Waals surface area contributed by atoms with Gasteiger partial charge in [0.1, 0.15) is 0 Å². The lowest BCUT2D eigenvalue weighted by Crippen LogP contribution is -2.36. The van der Waals surface area contributed by atoms with Gasteiger partial charge in [0, 0.05) is 18.8 Å². The van der Waals surface area contributed by atoms with E-state index in [1.54, 1.807) is 0 Å². The summed E-state index contributed by atoms with van der Waals surface area (Å²) in [6.07, 6.45) is 7.13. The molecular formula is C21H41N. The molecule has 0 aliphatic heterocycles. The first-order valence-electron chi connectivity index (χ1n) is 9.16. The average Bonchev–Trinajstić information content (AvgIpc) is 2.36. The standard InChI is InChI=1S/C21H41N/c1-10-12-20(7)22(15-18(4)5)16-19(6)21(8,9)14-11-13-17(2)3/h13,18-19H,7,10-12,14-16H2,1-6,8-9H3. The van der Waals surface area contributed by atoms with E-state index < -0.39 is 0 Å².